The Hall–Kier alpha value is -7.46. The SMILES string of the molecule is COC[C@H](C)Nc1ncc2c(-c3ccc([S@@](C)(=N)=O)nc3)cc(C3CCC(C)CC3)n2n1.COC[C@H](C)Nc1ncc2c(-c3ccc([S@](C)(=N)=O)nc3)cc(C3CCC(C)CC3)n2n1.C[C@@H](Cc1ncc2c(-c3cnn(C4CCC4)c3)cc(C3CCC(O)CC3)n2n1)C(F)(F)F. The molecule has 22 nitrogen and oxygen atoms in total. The summed E-state index contributed by atoms with van der Waals surface area (Å²) in [6.07, 6.45) is 26.6. The van der Waals surface area contributed by atoms with Gasteiger partial charge in [0.15, 0.2) is 0 Å². The molecule has 4 fully saturated rings. The van der Waals surface area contributed by atoms with E-state index in [1.165, 1.54) is 56.0 Å². The molecule has 4 aliphatic carbocycles. The van der Waals surface area contributed by atoms with Gasteiger partial charge in [0.2, 0.25) is 11.9 Å². The average Bonchev–Trinajstić information content (AvgIpc) is 1.63. The number of fused-ring (bicyclic) bond motifs is 3. The summed E-state index contributed by atoms with van der Waals surface area (Å²) in [5, 5.41) is 35.9. The number of aliphatic hydroxyl groups is 1. The number of aliphatic hydroxyl groups excluding tert-OH is 1. The number of anilines is 2. The molecule has 5 atom stereocenters. The molecular formula is C69H92F3N17O5S2. The number of aromatic nitrogens is 13. The van der Waals surface area contributed by atoms with Crippen molar-refractivity contribution in [3.05, 3.63) is 109 Å². The molecule has 9 aromatic heterocycles. The second-order valence-corrected chi connectivity index (χ2v) is 31.7. The maximum Gasteiger partial charge on any atom is 0.391 e. The van der Waals surface area contributed by atoms with Crippen molar-refractivity contribution < 1.29 is 36.2 Å². The van der Waals surface area contributed by atoms with Gasteiger partial charge in [-0.1, -0.05) is 46.5 Å². The van der Waals surface area contributed by atoms with Crippen LogP contribution in [0.1, 0.15) is 178 Å². The van der Waals surface area contributed by atoms with Gasteiger partial charge in [-0.15, -0.1) is 10.2 Å². The summed E-state index contributed by atoms with van der Waals surface area (Å²) in [6.45, 7) is 11.0. The number of rotatable bonds is 19. The number of ether oxygens (including phenoxy) is 2. The van der Waals surface area contributed by atoms with Crippen LogP contribution in [0.4, 0.5) is 25.1 Å². The standard InChI is InChI=1S/C23H28F3N5O.2C23H32N6O2S/c1-14(23(24,25)26)9-22-27-12-21-19(16-11-28-30(13-16)17-3-2-4-17)10-20(31(21)29-22)15-5-7-18(32)8-6-15;2*1-15-5-7-17(8-6-15)20-11-19(18-9-10-22(25-12-18)32(4,24)30)21-13-26-23(28-29(20)21)27-16(2)14-31-3/h10-15,17-18,32H,2-9H2,1H3;2*9-13,15-17,24H,5-8,14H2,1-4H3,(H,27,28)/t14-,15?,18?;15?,16-,17?,32+;15?,16-,17?,32-/m000/s1. The van der Waals surface area contributed by atoms with E-state index in [9.17, 15) is 26.7 Å². The fraction of sp³-hybridized carbons (Fsp3) is 0.551. The number of nitrogens with zero attached hydrogens (tertiary/aromatic N) is 13. The van der Waals surface area contributed by atoms with Crippen molar-refractivity contribution in [3.8, 4) is 33.4 Å². The third-order valence-electron chi connectivity index (χ3n) is 19.6. The van der Waals surface area contributed by atoms with Crippen LogP contribution in [0.2, 0.25) is 0 Å². The fourth-order valence-electron chi connectivity index (χ4n) is 13.6. The van der Waals surface area contributed by atoms with Crippen molar-refractivity contribution >= 4 is 47.9 Å². The lowest BCUT2D eigenvalue weighted by molar-refractivity contribution is -0.169. The largest absolute Gasteiger partial charge is 0.393 e. The maximum absolute atomic E-state index is 13.1. The lowest BCUT2D eigenvalue weighted by Gasteiger charge is -2.25. The minimum absolute atomic E-state index is 0.0944. The summed E-state index contributed by atoms with van der Waals surface area (Å²) < 4.78 is 97.1. The molecule has 13 rings (SSSR count). The number of methoxy groups -OCH3 is 2. The third-order valence-corrected chi connectivity index (χ3v) is 21.6. The van der Waals surface area contributed by atoms with Crippen molar-refractivity contribution in [3.63, 3.8) is 0 Å². The van der Waals surface area contributed by atoms with Crippen LogP contribution in [0.25, 0.3) is 49.9 Å². The first-order chi connectivity index (χ1) is 45.8. The Labute approximate surface area is 560 Å². The van der Waals surface area contributed by atoms with Crippen LogP contribution in [-0.4, -0.2) is 141 Å². The molecule has 0 unspecified atom stereocenters. The molecule has 5 N–H and O–H groups in total. The van der Waals surface area contributed by atoms with E-state index in [-0.39, 0.29) is 36.4 Å². The molecule has 0 amide bonds. The smallest absolute Gasteiger partial charge is 0.391 e. The van der Waals surface area contributed by atoms with Crippen LogP contribution < -0.4 is 10.6 Å². The van der Waals surface area contributed by atoms with Crippen LogP contribution in [0, 0.1) is 27.3 Å². The number of alkyl halides is 3. The van der Waals surface area contributed by atoms with Crippen LogP contribution >= 0.6 is 0 Å². The van der Waals surface area contributed by atoms with E-state index in [2.05, 4.69) is 77.8 Å². The van der Waals surface area contributed by atoms with Crippen molar-refractivity contribution in [1.82, 2.24) is 63.5 Å². The predicted octanol–water partition coefficient (Wildman–Crippen LogP) is 14.2. The lowest BCUT2D eigenvalue weighted by Crippen LogP contribution is -2.23. The number of nitrogens with one attached hydrogen (secondary N) is 4. The Morgan fingerprint density at radius 1 is 0.573 bits per heavy atom. The third kappa shape index (κ3) is 16.4. The number of hydrogen-bond donors (Lipinski definition) is 5. The summed E-state index contributed by atoms with van der Waals surface area (Å²) in [4.78, 5) is 22.0. The van der Waals surface area contributed by atoms with Gasteiger partial charge in [0.1, 0.15) is 15.9 Å². The van der Waals surface area contributed by atoms with Crippen LogP contribution in [0.15, 0.2) is 95.9 Å². The van der Waals surface area contributed by atoms with Gasteiger partial charge in [0, 0.05) is 132 Å². The molecule has 0 radical (unpaired) electrons. The Morgan fingerprint density at radius 3 is 1.38 bits per heavy atom. The first kappa shape index (κ1) is 69.9. The first-order valence-corrected chi connectivity index (χ1v) is 37.6. The zero-order valence-electron chi connectivity index (χ0n) is 56.4. The highest BCUT2D eigenvalue weighted by atomic mass is 32.2. The van der Waals surface area contributed by atoms with E-state index >= 15 is 0 Å². The second-order valence-electron chi connectivity index (χ2n) is 27.5. The molecule has 0 bridgehead atoms. The Kier molecular flexibility index (Phi) is 21.6. The molecule has 0 saturated heterocycles. The molecule has 0 aromatic carbocycles. The quantitative estimate of drug-likeness (QED) is 0.0503. The Morgan fingerprint density at radius 2 is 0.990 bits per heavy atom. The molecule has 0 aliphatic heterocycles. The van der Waals surface area contributed by atoms with Gasteiger partial charge in [-0.25, -0.2) is 56.4 Å². The van der Waals surface area contributed by atoms with Crippen LogP contribution in [-0.2, 0) is 35.4 Å². The van der Waals surface area contributed by atoms with Crippen molar-refractivity contribution in [1.29, 1.82) is 9.56 Å². The van der Waals surface area contributed by atoms with Gasteiger partial charge in [-0.2, -0.15) is 23.4 Å². The van der Waals surface area contributed by atoms with Crippen LogP contribution in [0.5, 0.6) is 0 Å². The van der Waals surface area contributed by atoms with Crippen LogP contribution in [0.3, 0.4) is 0 Å². The fourth-order valence-corrected chi connectivity index (χ4v) is 14.8. The van der Waals surface area contributed by atoms with Gasteiger partial charge < -0.3 is 25.2 Å². The van der Waals surface area contributed by atoms with Gasteiger partial charge >= 0.3 is 6.18 Å². The van der Waals surface area contributed by atoms with E-state index in [0.29, 0.717) is 53.0 Å². The molecule has 516 valence electrons. The van der Waals surface area contributed by atoms with Crippen molar-refractivity contribution in [2.24, 2.45) is 17.8 Å². The summed E-state index contributed by atoms with van der Waals surface area (Å²) >= 11 is 0. The van der Waals surface area contributed by atoms with Gasteiger partial charge in [0.25, 0.3) is 0 Å². The zero-order valence-corrected chi connectivity index (χ0v) is 58.1. The second kappa shape index (κ2) is 29.7. The number of halogens is 3. The zero-order chi connectivity index (χ0) is 68.2. The summed E-state index contributed by atoms with van der Waals surface area (Å²) in [5.41, 5.74) is 11.7. The predicted molar refractivity (Wildman–Crippen MR) is 366 cm³/mol. The van der Waals surface area contributed by atoms with E-state index in [4.69, 9.17) is 29.2 Å². The molecule has 0 spiro atoms. The summed E-state index contributed by atoms with van der Waals surface area (Å²) in [6, 6.07) is 14.3. The van der Waals surface area contributed by atoms with E-state index in [1.807, 2.05) is 64.5 Å². The Balaban J connectivity index is 0.000000146. The summed E-state index contributed by atoms with van der Waals surface area (Å²) in [5.74, 6) is 2.45. The number of hydrogen-bond acceptors (Lipinski definition) is 18. The molecule has 9 heterocycles. The molecule has 27 heteroatoms. The highest BCUT2D eigenvalue weighted by Gasteiger charge is 2.37. The highest BCUT2D eigenvalue weighted by Crippen LogP contribution is 2.43. The lowest BCUT2D eigenvalue weighted by atomic mass is 9.81. The minimum Gasteiger partial charge on any atom is -0.393 e. The Bertz CT molecular complexity index is 4150. The van der Waals surface area contributed by atoms with E-state index < -0.39 is 31.6 Å². The monoisotopic (exact) mass is 1360 g/mol. The molecule has 9 aromatic rings. The maximum atomic E-state index is 13.1. The molecular weight excluding hydrogens is 1270 g/mol. The minimum atomic E-state index is -4.28. The normalized spacial score (nSPS) is 22.4. The van der Waals surface area contributed by atoms with Crippen molar-refractivity contribution in [2.45, 2.75) is 196 Å². The van der Waals surface area contributed by atoms with Gasteiger partial charge in [0.05, 0.1) is 92.1 Å². The first-order valence-electron chi connectivity index (χ1n) is 33.7. The molecule has 4 aliphatic rings. The van der Waals surface area contributed by atoms with E-state index in [0.717, 1.165) is 139 Å². The van der Waals surface area contributed by atoms with Crippen molar-refractivity contribution in [2.75, 3.05) is 50.6 Å². The molecule has 4 saturated carbocycles. The van der Waals surface area contributed by atoms with Gasteiger partial charge in [-0.3, -0.25) is 4.68 Å². The topological polar surface area (TPSA) is 279 Å². The number of pyridine rings is 2. The van der Waals surface area contributed by atoms with E-state index in [1.54, 1.807) is 49.5 Å². The highest BCUT2D eigenvalue weighted by molar-refractivity contribution is 7.91. The summed E-state index contributed by atoms with van der Waals surface area (Å²) in [7, 11) is -2.33. The molecule has 96 heavy (non-hydrogen) atoms. The van der Waals surface area contributed by atoms with Gasteiger partial charge in [-0.05, 0) is 139 Å². The average molecular weight is 1360 g/mol.